The molecule has 0 aliphatic carbocycles. The zero-order valence-corrected chi connectivity index (χ0v) is 20.2. The third kappa shape index (κ3) is 4.38. The van der Waals surface area contributed by atoms with Gasteiger partial charge in [-0.3, -0.25) is 0 Å². The zero-order chi connectivity index (χ0) is 23.5. The molecule has 0 aliphatic heterocycles. The van der Waals surface area contributed by atoms with Gasteiger partial charge in [-0.15, -0.1) is 0 Å². The maximum atomic E-state index is 9.88. The lowest BCUT2D eigenvalue weighted by Gasteiger charge is -2.21. The highest BCUT2D eigenvalue weighted by molar-refractivity contribution is 9.10. The van der Waals surface area contributed by atoms with E-state index in [9.17, 15) is 5.26 Å². The molecule has 0 spiro atoms. The van der Waals surface area contributed by atoms with Crippen LogP contribution < -0.4 is 0 Å². The number of aromatic nitrogens is 2. The van der Waals surface area contributed by atoms with Crippen molar-refractivity contribution in [2.24, 2.45) is 7.05 Å². The molecule has 0 fully saturated rings. The van der Waals surface area contributed by atoms with E-state index < -0.39 is 0 Å². The lowest BCUT2D eigenvalue weighted by atomic mass is 9.92. The number of hydrogen-bond acceptors (Lipinski definition) is 3. The van der Waals surface area contributed by atoms with Crippen LogP contribution in [0, 0.1) is 11.3 Å². The van der Waals surface area contributed by atoms with Crippen LogP contribution in [0.3, 0.4) is 0 Å². The Hall–Kier alpha value is -3.72. The molecule has 0 aliphatic rings. The number of nitrogens with zero attached hydrogens (tertiary/aromatic N) is 3. The number of nitriles is 1. The predicted molar refractivity (Wildman–Crippen MR) is 138 cm³/mol. The van der Waals surface area contributed by atoms with Crippen molar-refractivity contribution in [1.82, 2.24) is 9.55 Å². The number of rotatable bonds is 6. The van der Waals surface area contributed by atoms with E-state index in [1.165, 1.54) is 0 Å². The van der Waals surface area contributed by atoms with E-state index in [1.807, 2.05) is 72.4 Å². The summed E-state index contributed by atoms with van der Waals surface area (Å²) in [5.41, 5.74) is 5.58. The minimum atomic E-state index is -0.336. The van der Waals surface area contributed by atoms with E-state index >= 15 is 0 Å². The Morgan fingerprint density at radius 3 is 2.53 bits per heavy atom. The molecule has 166 valence electrons. The molecule has 0 N–H and O–H groups in total. The molecular formula is C29H22BrN3O. The summed E-state index contributed by atoms with van der Waals surface area (Å²) < 4.78 is 9.48. The summed E-state index contributed by atoms with van der Waals surface area (Å²) in [5, 5.41) is 12.1. The fourth-order valence-electron chi connectivity index (χ4n) is 4.24. The standard InChI is InChI=1S/C29H22BrN3O/c1-33-19-32-17-28(33)29(34-18-20-9-13-24(30)14-10-20)22-11-12-23(16-31)27(15-22)26-8-4-6-21-5-2-3-7-25(21)26/h2-15,17,19,29H,18H2,1H3. The number of ether oxygens (including phenoxy) is 1. The van der Waals surface area contributed by atoms with E-state index in [-0.39, 0.29) is 6.10 Å². The second kappa shape index (κ2) is 9.64. The van der Waals surface area contributed by atoms with Crippen molar-refractivity contribution in [1.29, 1.82) is 5.26 Å². The summed E-state index contributed by atoms with van der Waals surface area (Å²) in [4.78, 5) is 4.31. The molecule has 1 aromatic heterocycles. The molecule has 0 bridgehead atoms. The number of fused-ring (bicyclic) bond motifs is 1. The van der Waals surface area contributed by atoms with E-state index in [0.717, 1.165) is 43.2 Å². The van der Waals surface area contributed by atoms with Crippen LogP contribution >= 0.6 is 15.9 Å². The number of aryl methyl sites for hydroxylation is 1. The van der Waals surface area contributed by atoms with Crippen LogP contribution in [0.2, 0.25) is 0 Å². The maximum absolute atomic E-state index is 9.88. The smallest absolute Gasteiger partial charge is 0.124 e. The molecule has 0 saturated heterocycles. The normalized spacial score (nSPS) is 11.9. The van der Waals surface area contributed by atoms with Crippen molar-refractivity contribution in [2.75, 3.05) is 0 Å². The molecule has 5 aromatic rings. The number of hydrogen-bond donors (Lipinski definition) is 0. The molecule has 4 aromatic carbocycles. The number of imidazole rings is 1. The van der Waals surface area contributed by atoms with Crippen LogP contribution in [0.15, 0.2) is 102 Å². The van der Waals surface area contributed by atoms with Gasteiger partial charge in [-0.25, -0.2) is 4.98 Å². The zero-order valence-electron chi connectivity index (χ0n) is 18.6. The van der Waals surface area contributed by atoms with E-state index in [2.05, 4.69) is 57.3 Å². The first kappa shape index (κ1) is 22.1. The monoisotopic (exact) mass is 507 g/mol. The fraction of sp³-hybridized carbons (Fsp3) is 0.103. The van der Waals surface area contributed by atoms with Crippen molar-refractivity contribution >= 4 is 26.7 Å². The molecule has 1 unspecified atom stereocenters. The highest BCUT2D eigenvalue weighted by atomic mass is 79.9. The summed E-state index contributed by atoms with van der Waals surface area (Å²) >= 11 is 3.49. The maximum Gasteiger partial charge on any atom is 0.124 e. The van der Waals surface area contributed by atoms with Gasteiger partial charge >= 0.3 is 0 Å². The third-order valence-electron chi connectivity index (χ3n) is 6.00. The Kier molecular flexibility index (Phi) is 6.27. The van der Waals surface area contributed by atoms with Crippen molar-refractivity contribution in [3.8, 4) is 17.2 Å². The SMILES string of the molecule is Cn1cncc1C(OCc1ccc(Br)cc1)c1ccc(C#N)c(-c2cccc3ccccc23)c1. The van der Waals surface area contributed by atoms with Crippen molar-refractivity contribution in [3.05, 3.63) is 124 Å². The average Bonchev–Trinajstić information content (AvgIpc) is 3.30. The van der Waals surface area contributed by atoms with Gasteiger partial charge in [-0.2, -0.15) is 5.26 Å². The first-order valence-corrected chi connectivity index (χ1v) is 11.8. The summed E-state index contributed by atoms with van der Waals surface area (Å²) in [6, 6.07) is 30.9. The topological polar surface area (TPSA) is 50.8 Å². The second-order valence-electron chi connectivity index (χ2n) is 8.19. The summed E-state index contributed by atoms with van der Waals surface area (Å²) in [7, 11) is 1.97. The van der Waals surface area contributed by atoms with Gasteiger partial charge in [0.05, 0.1) is 36.5 Å². The van der Waals surface area contributed by atoms with Crippen LogP contribution in [-0.2, 0) is 18.4 Å². The highest BCUT2D eigenvalue weighted by Gasteiger charge is 2.21. The van der Waals surface area contributed by atoms with Gasteiger partial charge in [0.25, 0.3) is 0 Å². The Balaban J connectivity index is 1.60. The largest absolute Gasteiger partial charge is 0.363 e. The van der Waals surface area contributed by atoms with Crippen molar-refractivity contribution < 1.29 is 4.74 Å². The quantitative estimate of drug-likeness (QED) is 0.244. The molecule has 5 rings (SSSR count). The summed E-state index contributed by atoms with van der Waals surface area (Å²) in [5.74, 6) is 0. The number of benzene rings is 4. The minimum absolute atomic E-state index is 0.336. The van der Waals surface area contributed by atoms with E-state index in [0.29, 0.717) is 12.2 Å². The number of halogens is 1. The van der Waals surface area contributed by atoms with E-state index in [1.54, 1.807) is 6.33 Å². The van der Waals surface area contributed by atoms with Gasteiger partial charge in [-0.1, -0.05) is 76.6 Å². The van der Waals surface area contributed by atoms with Gasteiger partial charge in [-0.05, 0) is 51.7 Å². The molecule has 0 saturated carbocycles. The molecule has 1 heterocycles. The highest BCUT2D eigenvalue weighted by Crippen LogP contribution is 2.35. The van der Waals surface area contributed by atoms with Crippen LogP contribution in [0.4, 0.5) is 0 Å². The molecule has 5 heteroatoms. The average molecular weight is 508 g/mol. The molecule has 1 atom stereocenters. The third-order valence-corrected chi connectivity index (χ3v) is 6.53. The Labute approximate surface area is 207 Å². The molecule has 0 amide bonds. The van der Waals surface area contributed by atoms with Gasteiger partial charge in [0.2, 0.25) is 0 Å². The molecule has 0 radical (unpaired) electrons. The first-order chi connectivity index (χ1) is 16.6. The predicted octanol–water partition coefficient (Wildman–Crippen LogP) is 7.18. The first-order valence-electron chi connectivity index (χ1n) is 11.0. The Morgan fingerprint density at radius 2 is 1.76 bits per heavy atom. The van der Waals surface area contributed by atoms with Crippen molar-refractivity contribution in [2.45, 2.75) is 12.7 Å². The van der Waals surface area contributed by atoms with Crippen LogP contribution in [-0.4, -0.2) is 9.55 Å². The lowest BCUT2D eigenvalue weighted by molar-refractivity contribution is 0.0622. The van der Waals surface area contributed by atoms with E-state index in [4.69, 9.17) is 4.74 Å². The lowest BCUT2D eigenvalue weighted by Crippen LogP contribution is -2.11. The molecule has 4 nitrogen and oxygen atoms in total. The van der Waals surface area contributed by atoms with Crippen LogP contribution in [0.5, 0.6) is 0 Å². The van der Waals surface area contributed by atoms with Crippen molar-refractivity contribution in [3.63, 3.8) is 0 Å². The van der Waals surface area contributed by atoms with Gasteiger partial charge < -0.3 is 9.30 Å². The molecular weight excluding hydrogens is 486 g/mol. The second-order valence-corrected chi connectivity index (χ2v) is 9.11. The summed E-state index contributed by atoms with van der Waals surface area (Å²) in [6.07, 6.45) is 3.28. The summed E-state index contributed by atoms with van der Waals surface area (Å²) in [6.45, 7) is 0.451. The minimum Gasteiger partial charge on any atom is -0.363 e. The van der Waals surface area contributed by atoms with Crippen LogP contribution in [0.1, 0.15) is 28.5 Å². The Morgan fingerprint density at radius 1 is 0.971 bits per heavy atom. The molecule has 34 heavy (non-hydrogen) atoms. The van der Waals surface area contributed by atoms with Gasteiger partial charge in [0.15, 0.2) is 0 Å². The van der Waals surface area contributed by atoms with Crippen LogP contribution in [0.25, 0.3) is 21.9 Å². The van der Waals surface area contributed by atoms with Gasteiger partial charge in [0, 0.05) is 17.1 Å². The van der Waals surface area contributed by atoms with Gasteiger partial charge in [0.1, 0.15) is 6.10 Å². The fourth-order valence-corrected chi connectivity index (χ4v) is 4.50. The Bertz CT molecular complexity index is 1490.